The highest BCUT2D eigenvalue weighted by molar-refractivity contribution is 5.39. The molecule has 0 aliphatic carbocycles. The highest BCUT2D eigenvalue weighted by atomic mass is 15.1. The lowest BCUT2D eigenvalue weighted by Crippen LogP contribution is -2.11. The second-order valence-electron chi connectivity index (χ2n) is 2.91. The monoisotopic (exact) mass is 209 g/mol. The lowest BCUT2D eigenvalue weighted by molar-refractivity contribution is 0.437. The van der Waals surface area contributed by atoms with Crippen LogP contribution in [0.25, 0.3) is 0 Å². The Morgan fingerprint density at radius 3 is 1.93 bits per heavy atom. The summed E-state index contributed by atoms with van der Waals surface area (Å²) in [6, 6.07) is 0. The Kier molecular flexibility index (Phi) is 12.5. The largest absolute Gasteiger partial charge is 0.298 e. The van der Waals surface area contributed by atoms with Gasteiger partial charge in [-0.2, -0.15) is 0 Å². The number of rotatable bonds is 1. The zero-order chi connectivity index (χ0) is 12.3. The predicted molar refractivity (Wildman–Crippen MR) is 72.2 cm³/mol. The van der Waals surface area contributed by atoms with Crippen molar-refractivity contribution in [2.45, 2.75) is 34.6 Å². The molecule has 0 aromatic heterocycles. The average molecular weight is 209 g/mol. The lowest BCUT2D eigenvalue weighted by Gasteiger charge is -2.01. The van der Waals surface area contributed by atoms with E-state index in [1.807, 2.05) is 33.8 Å². The number of hydrogen-bond acceptors (Lipinski definition) is 1. The van der Waals surface area contributed by atoms with Crippen LogP contribution < -0.4 is 0 Å². The molecule has 1 aliphatic heterocycles. The topological polar surface area (TPSA) is 3.24 Å². The molecule has 0 unspecified atom stereocenters. The Hall–Kier alpha value is -0.820. The van der Waals surface area contributed by atoms with Crippen LogP contribution in [0.5, 0.6) is 0 Å². The van der Waals surface area contributed by atoms with Crippen molar-refractivity contribution in [3.8, 4) is 0 Å². The van der Waals surface area contributed by atoms with E-state index >= 15 is 0 Å². The summed E-state index contributed by atoms with van der Waals surface area (Å²) in [5, 5.41) is 0. The quantitative estimate of drug-likeness (QED) is 0.630. The minimum absolute atomic E-state index is 1.06. The van der Waals surface area contributed by atoms with Crippen LogP contribution >= 0.6 is 0 Å². The SMILES string of the molecule is C=C/C=C1/CN(C)C/C1=C/C.CC.CC. The molecule has 0 N–H and O–H groups in total. The third-order valence-electron chi connectivity index (χ3n) is 1.96. The van der Waals surface area contributed by atoms with E-state index in [0.717, 1.165) is 13.1 Å². The molecule has 0 saturated carbocycles. The van der Waals surface area contributed by atoms with Crippen LogP contribution in [0.3, 0.4) is 0 Å². The molecule has 1 aliphatic rings. The molecule has 0 spiro atoms. The van der Waals surface area contributed by atoms with Crippen molar-refractivity contribution in [2.75, 3.05) is 20.1 Å². The minimum Gasteiger partial charge on any atom is -0.298 e. The van der Waals surface area contributed by atoms with Gasteiger partial charge in [-0.05, 0) is 25.1 Å². The van der Waals surface area contributed by atoms with Gasteiger partial charge in [-0.3, -0.25) is 4.90 Å². The van der Waals surface area contributed by atoms with Gasteiger partial charge < -0.3 is 0 Å². The molecule has 1 rings (SSSR count). The number of likely N-dealkylation sites (N-methyl/N-ethyl adjacent to an activating group) is 1. The summed E-state index contributed by atoms with van der Waals surface area (Å²) >= 11 is 0. The first-order valence-corrected chi connectivity index (χ1v) is 5.93. The van der Waals surface area contributed by atoms with Gasteiger partial charge in [0, 0.05) is 13.1 Å². The number of hydrogen-bond donors (Lipinski definition) is 0. The van der Waals surface area contributed by atoms with Gasteiger partial charge in [0.1, 0.15) is 0 Å². The molecule has 1 fully saturated rings. The van der Waals surface area contributed by atoms with Gasteiger partial charge in [0.05, 0.1) is 0 Å². The molecule has 0 bridgehead atoms. The fourth-order valence-electron chi connectivity index (χ4n) is 1.42. The van der Waals surface area contributed by atoms with Gasteiger partial charge in [0.2, 0.25) is 0 Å². The van der Waals surface area contributed by atoms with Crippen molar-refractivity contribution >= 4 is 0 Å². The molecule has 1 nitrogen and oxygen atoms in total. The summed E-state index contributed by atoms with van der Waals surface area (Å²) in [6.07, 6.45) is 6.13. The van der Waals surface area contributed by atoms with Crippen LogP contribution in [-0.4, -0.2) is 25.0 Å². The second-order valence-corrected chi connectivity index (χ2v) is 2.91. The first-order valence-electron chi connectivity index (χ1n) is 5.93. The highest BCUT2D eigenvalue weighted by Crippen LogP contribution is 2.19. The van der Waals surface area contributed by atoms with Gasteiger partial charge in [0.25, 0.3) is 0 Å². The summed E-state index contributed by atoms with van der Waals surface area (Å²) < 4.78 is 0. The van der Waals surface area contributed by atoms with Crippen molar-refractivity contribution in [2.24, 2.45) is 0 Å². The van der Waals surface area contributed by atoms with E-state index in [2.05, 4.69) is 37.6 Å². The number of allylic oxidation sites excluding steroid dienone is 3. The molecule has 0 aromatic rings. The molecular weight excluding hydrogens is 182 g/mol. The maximum atomic E-state index is 3.70. The fourth-order valence-corrected chi connectivity index (χ4v) is 1.42. The van der Waals surface area contributed by atoms with Crippen LogP contribution in [0.1, 0.15) is 34.6 Å². The Morgan fingerprint density at radius 1 is 1.07 bits per heavy atom. The van der Waals surface area contributed by atoms with Gasteiger partial charge in [-0.15, -0.1) is 0 Å². The van der Waals surface area contributed by atoms with Crippen LogP contribution in [0.15, 0.2) is 36.0 Å². The molecular formula is C14H27N. The molecule has 1 heterocycles. The average Bonchev–Trinajstić information content (AvgIpc) is 2.65. The van der Waals surface area contributed by atoms with Crippen molar-refractivity contribution in [3.05, 3.63) is 36.0 Å². The van der Waals surface area contributed by atoms with E-state index in [1.54, 1.807) is 0 Å². The van der Waals surface area contributed by atoms with E-state index in [4.69, 9.17) is 0 Å². The minimum atomic E-state index is 1.06. The predicted octanol–water partition coefficient (Wildman–Crippen LogP) is 4.04. The van der Waals surface area contributed by atoms with E-state index in [1.165, 1.54) is 11.1 Å². The molecule has 0 amide bonds. The molecule has 1 heteroatoms. The van der Waals surface area contributed by atoms with Crippen LogP contribution in [0.2, 0.25) is 0 Å². The second kappa shape index (κ2) is 11.3. The van der Waals surface area contributed by atoms with Crippen molar-refractivity contribution in [1.29, 1.82) is 0 Å². The zero-order valence-corrected chi connectivity index (χ0v) is 11.3. The highest BCUT2D eigenvalue weighted by Gasteiger charge is 2.15. The van der Waals surface area contributed by atoms with Gasteiger partial charge in [0.15, 0.2) is 0 Å². The van der Waals surface area contributed by atoms with Crippen molar-refractivity contribution < 1.29 is 0 Å². The molecule has 15 heavy (non-hydrogen) atoms. The van der Waals surface area contributed by atoms with Crippen molar-refractivity contribution in [3.63, 3.8) is 0 Å². The van der Waals surface area contributed by atoms with Gasteiger partial charge >= 0.3 is 0 Å². The van der Waals surface area contributed by atoms with Gasteiger partial charge in [-0.1, -0.05) is 52.5 Å². The summed E-state index contributed by atoms with van der Waals surface area (Å²) in [5.74, 6) is 0. The summed E-state index contributed by atoms with van der Waals surface area (Å²) in [7, 11) is 2.13. The van der Waals surface area contributed by atoms with Gasteiger partial charge in [-0.25, -0.2) is 0 Å². The smallest absolute Gasteiger partial charge is 0.0237 e. The molecule has 0 radical (unpaired) electrons. The Morgan fingerprint density at radius 2 is 1.53 bits per heavy atom. The molecule has 1 saturated heterocycles. The maximum Gasteiger partial charge on any atom is 0.0237 e. The normalized spacial score (nSPS) is 20.4. The molecule has 0 aromatic carbocycles. The Bertz CT molecular complexity index is 211. The van der Waals surface area contributed by atoms with Crippen LogP contribution in [0.4, 0.5) is 0 Å². The Labute approximate surface area is 96.2 Å². The Balaban J connectivity index is 0. The number of nitrogens with zero attached hydrogens (tertiary/aromatic N) is 1. The van der Waals surface area contributed by atoms with E-state index in [-0.39, 0.29) is 0 Å². The van der Waals surface area contributed by atoms with Crippen molar-refractivity contribution in [1.82, 2.24) is 4.90 Å². The summed E-state index contributed by atoms with van der Waals surface area (Å²) in [5.41, 5.74) is 2.84. The van der Waals surface area contributed by atoms with Crippen LogP contribution in [-0.2, 0) is 0 Å². The molecule has 0 atom stereocenters. The maximum absolute atomic E-state index is 3.70. The van der Waals surface area contributed by atoms with E-state index in [0.29, 0.717) is 0 Å². The van der Waals surface area contributed by atoms with E-state index in [9.17, 15) is 0 Å². The zero-order valence-electron chi connectivity index (χ0n) is 11.3. The summed E-state index contributed by atoms with van der Waals surface area (Å²) in [4.78, 5) is 2.30. The van der Waals surface area contributed by atoms with E-state index < -0.39 is 0 Å². The summed E-state index contributed by atoms with van der Waals surface area (Å²) in [6.45, 7) is 15.9. The first-order chi connectivity index (χ1) is 7.27. The third-order valence-corrected chi connectivity index (χ3v) is 1.96. The number of likely N-dealkylation sites (tertiary alicyclic amines) is 1. The van der Waals surface area contributed by atoms with Crippen LogP contribution in [0, 0.1) is 0 Å². The fraction of sp³-hybridized carbons (Fsp3) is 0.571. The third kappa shape index (κ3) is 6.29. The first kappa shape index (κ1) is 16.6. The lowest BCUT2D eigenvalue weighted by atomic mass is 10.1. The molecule has 88 valence electrons. The standard InChI is InChI=1S/C10H15N.2C2H6/c1-4-6-10-8-11(3)7-9(10)5-2;2*1-2/h4-6H,1,7-8H2,2-3H3;2*1-2H3/b9-5-,10-6-;;.